The van der Waals surface area contributed by atoms with Gasteiger partial charge in [-0.2, -0.15) is 0 Å². The Bertz CT molecular complexity index is 1450. The lowest BCUT2D eigenvalue weighted by Gasteiger charge is -2.33. The van der Waals surface area contributed by atoms with Crippen LogP contribution in [-0.4, -0.2) is 68.4 Å². The summed E-state index contributed by atoms with van der Waals surface area (Å²) in [6.45, 7) is 8.48. The molecular weight excluding hydrogens is 552 g/mol. The number of alkyl carbamates (subject to hydrolysis) is 1. The van der Waals surface area contributed by atoms with E-state index in [4.69, 9.17) is 9.84 Å². The molecule has 4 rings (SSSR count). The van der Waals surface area contributed by atoms with Gasteiger partial charge in [-0.05, 0) is 70.2 Å². The summed E-state index contributed by atoms with van der Waals surface area (Å²) in [5.41, 5.74) is 3.41. The number of aryl methyl sites for hydroxylation is 1. The summed E-state index contributed by atoms with van der Waals surface area (Å²) in [7, 11) is 0. The molecule has 3 heterocycles. The van der Waals surface area contributed by atoms with Crippen LogP contribution in [0.2, 0.25) is 0 Å². The van der Waals surface area contributed by atoms with Crippen LogP contribution < -0.4 is 15.5 Å². The fourth-order valence-corrected chi connectivity index (χ4v) is 4.81. The highest BCUT2D eigenvalue weighted by Gasteiger charge is 2.24. The summed E-state index contributed by atoms with van der Waals surface area (Å²) in [5.74, 6) is -1.50. The standard InChI is InChI=1S/C31H38N6O6/c1-19-28(40)27(29(41)33-18-26(38)39)36-25(35-19)15-20-11-13-37(14-12-20)24-9-6-21(7-10-24)22-5-8-23(32-16-22)17-34-30(42)43-31(2,3)4/h5-10,16,20,40H,11-15,17-18H2,1-4H3,(H,33,41)(H,34,42)(H,38,39). The molecule has 0 unspecified atom stereocenters. The number of carbonyl (C=O) groups excluding carboxylic acids is 2. The number of aliphatic carboxylic acids is 1. The van der Waals surface area contributed by atoms with Gasteiger partial charge >= 0.3 is 12.1 Å². The van der Waals surface area contributed by atoms with Crippen LogP contribution in [-0.2, 0) is 22.5 Å². The number of carboxylic acid groups (broad SMARTS) is 1. The summed E-state index contributed by atoms with van der Waals surface area (Å²) in [6.07, 6.45) is 3.70. The lowest BCUT2D eigenvalue weighted by atomic mass is 9.92. The molecule has 3 aromatic rings. The minimum Gasteiger partial charge on any atom is -0.504 e. The normalized spacial score (nSPS) is 13.8. The van der Waals surface area contributed by atoms with Crippen LogP contribution in [0.1, 0.15) is 61.3 Å². The second-order valence-electron chi connectivity index (χ2n) is 11.6. The Balaban J connectivity index is 1.29. The van der Waals surface area contributed by atoms with Crippen LogP contribution in [0.25, 0.3) is 11.1 Å². The van der Waals surface area contributed by atoms with E-state index in [-0.39, 0.29) is 23.7 Å². The number of nitrogens with one attached hydrogen (secondary N) is 2. The number of carboxylic acids is 1. The van der Waals surface area contributed by atoms with E-state index in [0.717, 1.165) is 48.4 Å². The zero-order chi connectivity index (χ0) is 31.1. The largest absolute Gasteiger partial charge is 0.504 e. The fourth-order valence-electron chi connectivity index (χ4n) is 4.81. The van der Waals surface area contributed by atoms with Gasteiger partial charge in [0.15, 0.2) is 11.4 Å². The minimum atomic E-state index is -1.18. The summed E-state index contributed by atoms with van der Waals surface area (Å²) in [6, 6.07) is 12.2. The number of aromatic nitrogens is 3. The smallest absolute Gasteiger partial charge is 0.407 e. The monoisotopic (exact) mass is 590 g/mol. The van der Waals surface area contributed by atoms with Crippen molar-refractivity contribution in [3.8, 4) is 16.9 Å². The van der Waals surface area contributed by atoms with Crippen molar-refractivity contribution in [3.05, 3.63) is 65.5 Å². The first kappa shape index (κ1) is 31.2. The maximum Gasteiger partial charge on any atom is 0.407 e. The van der Waals surface area contributed by atoms with Gasteiger partial charge in [-0.25, -0.2) is 14.8 Å². The van der Waals surface area contributed by atoms with Gasteiger partial charge < -0.3 is 30.5 Å². The van der Waals surface area contributed by atoms with Gasteiger partial charge in [0.05, 0.1) is 17.9 Å². The molecule has 0 aliphatic carbocycles. The molecule has 0 radical (unpaired) electrons. The Hall–Kier alpha value is -4.74. The van der Waals surface area contributed by atoms with E-state index >= 15 is 0 Å². The lowest BCUT2D eigenvalue weighted by Crippen LogP contribution is -2.34. The number of aromatic hydroxyl groups is 1. The predicted molar refractivity (Wildman–Crippen MR) is 160 cm³/mol. The fraction of sp³-hybridized carbons (Fsp3) is 0.419. The van der Waals surface area contributed by atoms with Crippen LogP contribution >= 0.6 is 0 Å². The number of amides is 2. The van der Waals surface area contributed by atoms with Crippen LogP contribution in [0.4, 0.5) is 10.5 Å². The molecule has 1 saturated heterocycles. The first-order valence-electron chi connectivity index (χ1n) is 14.2. The Labute approximate surface area is 250 Å². The number of carbonyl (C=O) groups is 3. The number of ether oxygens (including phenoxy) is 1. The number of nitrogens with zero attached hydrogens (tertiary/aromatic N) is 4. The maximum atomic E-state index is 12.3. The summed E-state index contributed by atoms with van der Waals surface area (Å²) in [4.78, 5) is 50.4. The quantitative estimate of drug-likeness (QED) is 0.287. The Morgan fingerprint density at radius 1 is 1.00 bits per heavy atom. The van der Waals surface area contributed by atoms with Crippen LogP contribution in [0.5, 0.6) is 5.75 Å². The van der Waals surface area contributed by atoms with Crippen molar-refractivity contribution in [2.45, 2.75) is 59.1 Å². The molecule has 4 N–H and O–H groups in total. The van der Waals surface area contributed by atoms with E-state index < -0.39 is 30.1 Å². The summed E-state index contributed by atoms with van der Waals surface area (Å²) < 4.78 is 5.26. The molecule has 1 aromatic carbocycles. The van der Waals surface area contributed by atoms with E-state index in [0.29, 0.717) is 18.2 Å². The number of benzene rings is 1. The molecular formula is C31H38N6O6. The summed E-state index contributed by atoms with van der Waals surface area (Å²) >= 11 is 0. The van der Waals surface area contributed by atoms with E-state index in [1.54, 1.807) is 13.1 Å². The highest BCUT2D eigenvalue weighted by Crippen LogP contribution is 2.28. The van der Waals surface area contributed by atoms with Crippen molar-refractivity contribution in [2.75, 3.05) is 24.5 Å². The summed E-state index contributed by atoms with van der Waals surface area (Å²) in [5, 5.41) is 24.0. The highest BCUT2D eigenvalue weighted by atomic mass is 16.6. The van der Waals surface area contributed by atoms with Gasteiger partial charge in [0.25, 0.3) is 5.91 Å². The van der Waals surface area contributed by atoms with Gasteiger partial charge in [0.1, 0.15) is 18.0 Å². The average Bonchev–Trinajstić information content (AvgIpc) is 2.96. The number of hydrogen-bond donors (Lipinski definition) is 4. The second kappa shape index (κ2) is 13.5. The van der Waals surface area contributed by atoms with Gasteiger partial charge in [0.2, 0.25) is 0 Å². The zero-order valence-corrected chi connectivity index (χ0v) is 24.9. The highest BCUT2D eigenvalue weighted by molar-refractivity contribution is 5.96. The van der Waals surface area contributed by atoms with Crippen molar-refractivity contribution in [3.63, 3.8) is 0 Å². The van der Waals surface area contributed by atoms with E-state index in [9.17, 15) is 19.5 Å². The van der Waals surface area contributed by atoms with E-state index in [1.807, 2.05) is 32.9 Å². The third kappa shape index (κ3) is 8.87. The van der Waals surface area contributed by atoms with Crippen LogP contribution in [0.3, 0.4) is 0 Å². The number of rotatable bonds is 9. The average molecular weight is 591 g/mol. The van der Waals surface area contributed by atoms with Crippen molar-refractivity contribution in [2.24, 2.45) is 5.92 Å². The molecule has 1 aliphatic heterocycles. The Morgan fingerprint density at radius 2 is 1.67 bits per heavy atom. The Morgan fingerprint density at radius 3 is 2.28 bits per heavy atom. The SMILES string of the molecule is Cc1nc(CC2CCN(c3ccc(-c4ccc(CNC(=O)OC(C)(C)C)nc4)cc3)CC2)nc(C(=O)NCC(=O)O)c1O. The van der Waals surface area contributed by atoms with Crippen molar-refractivity contribution in [1.82, 2.24) is 25.6 Å². The molecule has 2 amide bonds. The van der Waals surface area contributed by atoms with E-state index in [2.05, 4.69) is 54.8 Å². The molecule has 2 aromatic heterocycles. The molecule has 12 heteroatoms. The molecule has 1 aliphatic rings. The molecule has 0 spiro atoms. The molecule has 12 nitrogen and oxygen atoms in total. The van der Waals surface area contributed by atoms with Crippen molar-refractivity contribution in [1.29, 1.82) is 0 Å². The number of piperidine rings is 1. The van der Waals surface area contributed by atoms with E-state index in [1.165, 1.54) is 0 Å². The van der Waals surface area contributed by atoms with Crippen molar-refractivity contribution < 1.29 is 29.3 Å². The van der Waals surface area contributed by atoms with Gasteiger partial charge in [-0.1, -0.05) is 18.2 Å². The number of anilines is 1. The number of pyridine rings is 1. The molecule has 1 fully saturated rings. The first-order chi connectivity index (χ1) is 20.4. The number of hydrogen-bond acceptors (Lipinski definition) is 9. The Kier molecular flexibility index (Phi) is 9.79. The van der Waals surface area contributed by atoms with Crippen LogP contribution in [0, 0.1) is 12.8 Å². The maximum absolute atomic E-state index is 12.3. The molecule has 0 bridgehead atoms. The first-order valence-corrected chi connectivity index (χ1v) is 14.2. The third-order valence-corrected chi connectivity index (χ3v) is 7.01. The topological polar surface area (TPSA) is 167 Å². The molecule has 0 saturated carbocycles. The van der Waals surface area contributed by atoms with Gasteiger partial charge in [-0.3, -0.25) is 14.6 Å². The van der Waals surface area contributed by atoms with Crippen molar-refractivity contribution >= 4 is 23.7 Å². The molecule has 228 valence electrons. The lowest BCUT2D eigenvalue weighted by molar-refractivity contribution is -0.135. The van der Waals surface area contributed by atoms with Gasteiger partial charge in [0, 0.05) is 37.0 Å². The minimum absolute atomic E-state index is 0.205. The van der Waals surface area contributed by atoms with Crippen LogP contribution in [0.15, 0.2) is 42.6 Å². The van der Waals surface area contributed by atoms with Gasteiger partial charge in [-0.15, -0.1) is 0 Å². The molecule has 0 atom stereocenters. The predicted octanol–water partition coefficient (Wildman–Crippen LogP) is 3.85. The molecule has 43 heavy (non-hydrogen) atoms. The third-order valence-electron chi connectivity index (χ3n) is 7.01. The zero-order valence-electron chi connectivity index (χ0n) is 24.9. The second-order valence-corrected chi connectivity index (χ2v) is 11.6.